The van der Waals surface area contributed by atoms with Crippen LogP contribution in [0.2, 0.25) is 5.15 Å². The molecule has 1 aliphatic rings. The van der Waals surface area contributed by atoms with Crippen molar-refractivity contribution in [2.75, 3.05) is 13.7 Å². The van der Waals surface area contributed by atoms with Gasteiger partial charge < -0.3 is 14.8 Å². The number of amides is 1. The van der Waals surface area contributed by atoms with Gasteiger partial charge in [-0.15, -0.1) is 0 Å². The van der Waals surface area contributed by atoms with E-state index in [0.29, 0.717) is 17.5 Å². The number of aryl methyl sites for hydroxylation is 1. The summed E-state index contributed by atoms with van der Waals surface area (Å²) in [5.41, 5.74) is 3.42. The highest BCUT2D eigenvalue weighted by Gasteiger charge is 2.32. The third-order valence-corrected chi connectivity index (χ3v) is 4.79. The lowest BCUT2D eigenvalue weighted by Crippen LogP contribution is -2.42. The highest BCUT2D eigenvalue weighted by molar-refractivity contribution is 6.30. The fourth-order valence-electron chi connectivity index (χ4n) is 3.41. The van der Waals surface area contributed by atoms with Crippen LogP contribution in [0.25, 0.3) is 0 Å². The number of benzene rings is 1. The number of carbonyl (C=O) groups excluding carboxylic acids is 1. The van der Waals surface area contributed by atoms with Gasteiger partial charge in [-0.05, 0) is 42.5 Å². The maximum atomic E-state index is 12.0. The smallest absolute Gasteiger partial charge is 0.407 e. The first-order valence-electron chi connectivity index (χ1n) is 9.34. The van der Waals surface area contributed by atoms with Crippen LogP contribution in [-0.4, -0.2) is 30.8 Å². The maximum absolute atomic E-state index is 12.0. The fourth-order valence-corrected chi connectivity index (χ4v) is 3.59. The Hall–Kier alpha value is -2.27. The van der Waals surface area contributed by atoms with Gasteiger partial charge in [0.2, 0.25) is 0 Å². The van der Waals surface area contributed by atoms with Crippen molar-refractivity contribution in [1.29, 1.82) is 0 Å². The standard InChI is InChI=1S/C19H21ClN2O3.C2H6/c1-3-25-19(23)22-15-9-8-12-6-4-5-7-14(12)17(15)13-10-16(24-2)18(20)21-11-13;1-2/h4-7,10-11,15,17H,3,8-9H2,1-2H3,(H,22,23);1-2H3/t15?,17-;/m0./s1. The highest BCUT2D eigenvalue weighted by Crippen LogP contribution is 2.38. The number of aromatic nitrogens is 1. The number of fused-ring (bicyclic) bond motifs is 1. The number of nitrogens with one attached hydrogen (secondary N) is 1. The van der Waals surface area contributed by atoms with E-state index in [4.69, 9.17) is 21.1 Å². The quantitative estimate of drug-likeness (QED) is 0.749. The molecule has 0 fully saturated rings. The number of alkyl carbamates (subject to hydrolysis) is 1. The molecule has 2 atom stereocenters. The van der Waals surface area contributed by atoms with Crippen LogP contribution < -0.4 is 10.1 Å². The van der Waals surface area contributed by atoms with E-state index in [9.17, 15) is 4.79 Å². The van der Waals surface area contributed by atoms with Gasteiger partial charge in [-0.25, -0.2) is 9.78 Å². The lowest BCUT2D eigenvalue weighted by atomic mass is 9.76. The zero-order chi connectivity index (χ0) is 19.8. The van der Waals surface area contributed by atoms with Crippen LogP contribution in [0.5, 0.6) is 5.75 Å². The Balaban J connectivity index is 0.00000126. The van der Waals surface area contributed by atoms with E-state index < -0.39 is 6.09 Å². The van der Waals surface area contributed by atoms with Gasteiger partial charge in [-0.2, -0.15) is 0 Å². The van der Waals surface area contributed by atoms with Crippen molar-refractivity contribution in [3.63, 3.8) is 0 Å². The molecule has 1 heterocycles. The summed E-state index contributed by atoms with van der Waals surface area (Å²) >= 11 is 6.07. The molecule has 146 valence electrons. The molecule has 1 amide bonds. The van der Waals surface area contributed by atoms with Gasteiger partial charge in [0.1, 0.15) is 0 Å². The van der Waals surface area contributed by atoms with Gasteiger partial charge in [0, 0.05) is 18.2 Å². The summed E-state index contributed by atoms with van der Waals surface area (Å²) in [5, 5.41) is 3.32. The zero-order valence-corrected chi connectivity index (χ0v) is 17.0. The molecule has 1 aromatic heterocycles. The first-order valence-corrected chi connectivity index (χ1v) is 9.72. The molecule has 0 saturated carbocycles. The van der Waals surface area contributed by atoms with Crippen molar-refractivity contribution < 1.29 is 14.3 Å². The summed E-state index contributed by atoms with van der Waals surface area (Å²) < 4.78 is 10.4. The molecule has 1 aromatic carbocycles. The van der Waals surface area contributed by atoms with Crippen LogP contribution in [0.15, 0.2) is 36.5 Å². The minimum absolute atomic E-state index is 0.0342. The average molecular weight is 391 g/mol. The average Bonchev–Trinajstić information content (AvgIpc) is 2.70. The zero-order valence-electron chi connectivity index (χ0n) is 16.3. The normalized spacial score (nSPS) is 17.8. The minimum Gasteiger partial charge on any atom is -0.494 e. The SMILES string of the molecule is CC.CCOC(=O)NC1CCc2ccccc2[C@@H]1c1cnc(Cl)c(OC)c1. The van der Waals surface area contributed by atoms with Gasteiger partial charge in [0.05, 0.1) is 13.7 Å². The Kier molecular flexibility index (Phi) is 7.92. The maximum Gasteiger partial charge on any atom is 0.407 e. The van der Waals surface area contributed by atoms with Crippen LogP contribution in [0, 0.1) is 0 Å². The van der Waals surface area contributed by atoms with E-state index in [-0.39, 0.29) is 12.0 Å². The second-order valence-electron chi connectivity index (χ2n) is 5.95. The molecule has 0 aliphatic heterocycles. The Morgan fingerprint density at radius 3 is 2.78 bits per heavy atom. The number of ether oxygens (including phenoxy) is 2. The first-order chi connectivity index (χ1) is 13.1. The topological polar surface area (TPSA) is 60.5 Å². The molecule has 6 heteroatoms. The van der Waals surface area contributed by atoms with Crippen LogP contribution >= 0.6 is 11.6 Å². The van der Waals surface area contributed by atoms with Gasteiger partial charge in [0.25, 0.3) is 0 Å². The number of hydrogen-bond acceptors (Lipinski definition) is 4. The summed E-state index contributed by atoms with van der Waals surface area (Å²) in [7, 11) is 1.57. The van der Waals surface area contributed by atoms with Crippen molar-refractivity contribution in [2.45, 2.75) is 45.6 Å². The number of carbonyl (C=O) groups is 1. The lowest BCUT2D eigenvalue weighted by molar-refractivity contribution is 0.146. The van der Waals surface area contributed by atoms with Gasteiger partial charge >= 0.3 is 6.09 Å². The summed E-state index contributed by atoms with van der Waals surface area (Å²) in [6.07, 6.45) is 3.08. The molecule has 0 spiro atoms. The molecule has 1 N–H and O–H groups in total. The minimum atomic E-state index is -0.397. The summed E-state index contributed by atoms with van der Waals surface area (Å²) in [6, 6.07) is 10.1. The monoisotopic (exact) mass is 390 g/mol. The Bertz CT molecular complexity index is 767. The molecule has 3 rings (SSSR count). The third-order valence-electron chi connectivity index (χ3n) is 4.50. The van der Waals surface area contributed by atoms with Crippen LogP contribution in [-0.2, 0) is 11.2 Å². The van der Waals surface area contributed by atoms with Gasteiger partial charge in [0.15, 0.2) is 10.9 Å². The predicted octanol–water partition coefficient (Wildman–Crippen LogP) is 4.96. The number of methoxy groups -OCH3 is 1. The highest BCUT2D eigenvalue weighted by atomic mass is 35.5. The summed E-state index contributed by atoms with van der Waals surface area (Å²) in [4.78, 5) is 16.2. The second kappa shape index (κ2) is 10.2. The largest absolute Gasteiger partial charge is 0.494 e. The van der Waals surface area contributed by atoms with E-state index in [1.165, 1.54) is 11.1 Å². The number of hydrogen-bond donors (Lipinski definition) is 1. The summed E-state index contributed by atoms with van der Waals surface area (Å²) in [5.74, 6) is 0.491. The Morgan fingerprint density at radius 1 is 1.33 bits per heavy atom. The van der Waals surface area contributed by atoms with Crippen LogP contribution in [0.4, 0.5) is 4.79 Å². The summed E-state index contributed by atoms with van der Waals surface area (Å²) in [6.45, 7) is 6.14. The first kappa shape index (κ1) is 21.0. The molecular formula is C21H27ClN2O3. The van der Waals surface area contributed by atoms with Crippen molar-refractivity contribution in [1.82, 2.24) is 10.3 Å². The molecule has 0 radical (unpaired) electrons. The van der Waals surface area contributed by atoms with Crippen molar-refractivity contribution >= 4 is 17.7 Å². The van der Waals surface area contributed by atoms with E-state index >= 15 is 0 Å². The van der Waals surface area contributed by atoms with Crippen molar-refractivity contribution in [2.24, 2.45) is 0 Å². The van der Waals surface area contributed by atoms with E-state index in [2.05, 4.69) is 22.4 Å². The number of pyridine rings is 1. The van der Waals surface area contributed by atoms with E-state index in [1.54, 1.807) is 20.2 Å². The van der Waals surface area contributed by atoms with E-state index in [0.717, 1.165) is 18.4 Å². The van der Waals surface area contributed by atoms with Crippen molar-refractivity contribution in [3.8, 4) is 5.75 Å². The Labute approximate surface area is 166 Å². The molecular weight excluding hydrogens is 364 g/mol. The fraction of sp³-hybridized carbons (Fsp3) is 0.429. The number of halogens is 1. The van der Waals surface area contributed by atoms with Gasteiger partial charge in [-0.3, -0.25) is 0 Å². The second-order valence-corrected chi connectivity index (χ2v) is 6.31. The molecule has 27 heavy (non-hydrogen) atoms. The molecule has 0 saturated heterocycles. The van der Waals surface area contributed by atoms with Crippen LogP contribution in [0.1, 0.15) is 49.8 Å². The molecule has 2 aromatic rings. The lowest BCUT2D eigenvalue weighted by Gasteiger charge is -2.34. The molecule has 1 unspecified atom stereocenters. The predicted molar refractivity (Wildman–Crippen MR) is 108 cm³/mol. The van der Waals surface area contributed by atoms with Crippen molar-refractivity contribution in [3.05, 3.63) is 58.4 Å². The third kappa shape index (κ3) is 4.92. The van der Waals surface area contributed by atoms with E-state index in [1.807, 2.05) is 32.0 Å². The molecule has 5 nitrogen and oxygen atoms in total. The molecule has 0 bridgehead atoms. The number of rotatable bonds is 4. The number of nitrogens with zero attached hydrogens (tertiary/aromatic N) is 1. The molecule has 1 aliphatic carbocycles. The van der Waals surface area contributed by atoms with Gasteiger partial charge in [-0.1, -0.05) is 49.7 Å². The van der Waals surface area contributed by atoms with Crippen LogP contribution in [0.3, 0.4) is 0 Å². The Morgan fingerprint density at radius 2 is 2.07 bits per heavy atom.